The van der Waals surface area contributed by atoms with Crippen LogP contribution in [0.25, 0.3) is 11.0 Å². The molecule has 0 bridgehead atoms. The maximum absolute atomic E-state index is 5.50. The minimum Gasteiger partial charge on any atom is -0.342 e. The van der Waals surface area contributed by atoms with Crippen LogP contribution in [0, 0.1) is 0 Å². The molecule has 1 saturated carbocycles. The molecule has 0 radical (unpaired) electrons. The van der Waals surface area contributed by atoms with Gasteiger partial charge in [-0.1, -0.05) is 12.1 Å². The number of nitrogens with two attached hydrogens (primary N) is 1. The first-order valence-corrected chi connectivity index (χ1v) is 7.10. The molecule has 1 aromatic carbocycles. The van der Waals surface area contributed by atoms with Gasteiger partial charge in [0.2, 0.25) is 0 Å². The van der Waals surface area contributed by atoms with E-state index >= 15 is 0 Å². The smallest absolute Gasteiger partial charge is 0.143 e. The highest BCUT2D eigenvalue weighted by molar-refractivity contribution is 5.74. The van der Waals surface area contributed by atoms with E-state index in [1.807, 2.05) is 30.3 Å². The van der Waals surface area contributed by atoms with Crippen molar-refractivity contribution in [2.75, 3.05) is 5.43 Å². The Morgan fingerprint density at radius 2 is 2.05 bits per heavy atom. The fourth-order valence-corrected chi connectivity index (χ4v) is 2.50. The van der Waals surface area contributed by atoms with Gasteiger partial charge in [-0.25, -0.2) is 20.8 Å². The molecule has 1 aliphatic carbocycles. The molecule has 6 nitrogen and oxygen atoms in total. The zero-order valence-electron chi connectivity index (χ0n) is 11.5. The summed E-state index contributed by atoms with van der Waals surface area (Å²) in [5, 5.41) is 0. The van der Waals surface area contributed by atoms with Crippen molar-refractivity contribution >= 4 is 16.9 Å². The molecule has 0 amide bonds. The summed E-state index contributed by atoms with van der Waals surface area (Å²) in [5.74, 6) is 8.34. The third-order valence-electron chi connectivity index (χ3n) is 3.70. The molecule has 0 saturated heterocycles. The summed E-state index contributed by atoms with van der Waals surface area (Å²) in [6.07, 6.45) is 2.97. The monoisotopic (exact) mass is 280 g/mol. The number of aromatic nitrogens is 4. The number of para-hydroxylation sites is 2. The van der Waals surface area contributed by atoms with E-state index in [1.54, 1.807) is 0 Å². The average Bonchev–Trinajstić information content (AvgIpc) is 3.27. The van der Waals surface area contributed by atoms with Crippen LogP contribution in [0.4, 0.5) is 5.82 Å². The van der Waals surface area contributed by atoms with Gasteiger partial charge < -0.3 is 10.4 Å². The second kappa shape index (κ2) is 4.82. The summed E-state index contributed by atoms with van der Waals surface area (Å²) >= 11 is 0. The Kier molecular flexibility index (Phi) is 2.82. The number of H-pyrrole nitrogens is 1. The molecule has 106 valence electrons. The van der Waals surface area contributed by atoms with Crippen LogP contribution < -0.4 is 11.3 Å². The zero-order chi connectivity index (χ0) is 14.2. The van der Waals surface area contributed by atoms with Crippen molar-refractivity contribution in [3.05, 3.63) is 47.7 Å². The van der Waals surface area contributed by atoms with Crippen molar-refractivity contribution in [2.45, 2.75) is 25.2 Å². The third-order valence-corrected chi connectivity index (χ3v) is 3.70. The lowest BCUT2D eigenvalue weighted by Gasteiger charge is -2.06. The van der Waals surface area contributed by atoms with Crippen molar-refractivity contribution in [3.63, 3.8) is 0 Å². The Hall–Kier alpha value is -2.47. The SMILES string of the molecule is NNc1cc(C2CC2)nc(Cc2nc3ccccc3[nH]2)n1. The lowest BCUT2D eigenvalue weighted by molar-refractivity contribution is 0.873. The molecular formula is C15H16N6. The van der Waals surface area contributed by atoms with E-state index in [1.165, 1.54) is 12.8 Å². The highest BCUT2D eigenvalue weighted by atomic mass is 15.3. The second-order valence-corrected chi connectivity index (χ2v) is 5.39. The quantitative estimate of drug-likeness (QED) is 0.503. The second-order valence-electron chi connectivity index (χ2n) is 5.39. The Balaban J connectivity index is 1.67. The fraction of sp³-hybridized carbons (Fsp3) is 0.267. The van der Waals surface area contributed by atoms with Crippen molar-refractivity contribution in [1.29, 1.82) is 0 Å². The first-order chi connectivity index (χ1) is 10.3. The predicted octanol–water partition coefficient (Wildman–Crippen LogP) is 2.11. The lowest BCUT2D eigenvalue weighted by Crippen LogP contribution is -2.12. The van der Waals surface area contributed by atoms with Gasteiger partial charge in [0.05, 0.1) is 17.5 Å². The average molecular weight is 280 g/mol. The number of hydrazine groups is 1. The van der Waals surface area contributed by atoms with Crippen molar-refractivity contribution in [2.24, 2.45) is 5.84 Å². The number of hydrogen-bond donors (Lipinski definition) is 3. The molecule has 0 spiro atoms. The van der Waals surface area contributed by atoms with Crippen LogP contribution in [-0.4, -0.2) is 19.9 Å². The Morgan fingerprint density at radius 1 is 1.19 bits per heavy atom. The van der Waals surface area contributed by atoms with Crippen LogP contribution in [0.1, 0.15) is 36.1 Å². The van der Waals surface area contributed by atoms with E-state index in [4.69, 9.17) is 5.84 Å². The topological polar surface area (TPSA) is 92.5 Å². The maximum Gasteiger partial charge on any atom is 0.143 e. The number of nitrogens with one attached hydrogen (secondary N) is 2. The molecule has 4 N–H and O–H groups in total. The maximum atomic E-state index is 5.50. The number of anilines is 1. The molecule has 3 aromatic rings. The number of imidazole rings is 1. The van der Waals surface area contributed by atoms with Crippen LogP contribution in [0.2, 0.25) is 0 Å². The molecule has 21 heavy (non-hydrogen) atoms. The predicted molar refractivity (Wildman–Crippen MR) is 80.7 cm³/mol. The van der Waals surface area contributed by atoms with Gasteiger partial charge in [0, 0.05) is 17.7 Å². The Morgan fingerprint density at radius 3 is 2.81 bits per heavy atom. The van der Waals surface area contributed by atoms with E-state index in [0.717, 1.165) is 28.4 Å². The van der Waals surface area contributed by atoms with E-state index in [-0.39, 0.29) is 0 Å². The van der Waals surface area contributed by atoms with Gasteiger partial charge in [0.15, 0.2) is 0 Å². The molecule has 1 aliphatic rings. The van der Waals surface area contributed by atoms with E-state index in [2.05, 4.69) is 25.4 Å². The number of benzene rings is 1. The highest BCUT2D eigenvalue weighted by Crippen LogP contribution is 2.39. The summed E-state index contributed by atoms with van der Waals surface area (Å²) in [6.45, 7) is 0. The molecule has 2 heterocycles. The lowest BCUT2D eigenvalue weighted by atomic mass is 10.2. The largest absolute Gasteiger partial charge is 0.342 e. The first kappa shape index (κ1) is 12.3. The molecule has 1 fully saturated rings. The van der Waals surface area contributed by atoms with Crippen LogP contribution in [0.5, 0.6) is 0 Å². The molecule has 0 atom stereocenters. The van der Waals surface area contributed by atoms with E-state index in [9.17, 15) is 0 Å². The van der Waals surface area contributed by atoms with E-state index < -0.39 is 0 Å². The number of aromatic amines is 1. The highest BCUT2D eigenvalue weighted by Gasteiger charge is 2.26. The first-order valence-electron chi connectivity index (χ1n) is 7.10. The van der Waals surface area contributed by atoms with Crippen molar-refractivity contribution < 1.29 is 0 Å². The Bertz CT molecular complexity index is 757. The third kappa shape index (κ3) is 2.45. The van der Waals surface area contributed by atoms with Crippen molar-refractivity contribution in [1.82, 2.24) is 19.9 Å². The number of nitrogens with zero attached hydrogens (tertiary/aromatic N) is 3. The van der Waals surface area contributed by atoms with Gasteiger partial charge in [-0.3, -0.25) is 0 Å². The van der Waals surface area contributed by atoms with Gasteiger partial charge >= 0.3 is 0 Å². The zero-order valence-corrected chi connectivity index (χ0v) is 11.5. The number of rotatable bonds is 4. The molecule has 4 rings (SSSR count). The summed E-state index contributed by atoms with van der Waals surface area (Å²) < 4.78 is 0. The van der Waals surface area contributed by atoms with Gasteiger partial charge in [0.1, 0.15) is 17.5 Å². The minimum absolute atomic E-state index is 0.564. The summed E-state index contributed by atoms with van der Waals surface area (Å²) in [6, 6.07) is 9.90. The van der Waals surface area contributed by atoms with Crippen LogP contribution in [0.3, 0.4) is 0 Å². The van der Waals surface area contributed by atoms with Gasteiger partial charge in [-0.2, -0.15) is 0 Å². The fourth-order valence-electron chi connectivity index (χ4n) is 2.50. The summed E-state index contributed by atoms with van der Waals surface area (Å²) in [4.78, 5) is 16.9. The van der Waals surface area contributed by atoms with Crippen LogP contribution in [-0.2, 0) is 6.42 Å². The molecule has 2 aromatic heterocycles. The standard InChI is InChI=1S/C15H16N6/c16-21-15-7-12(9-5-6-9)19-14(20-15)8-13-17-10-3-1-2-4-11(10)18-13/h1-4,7,9H,5-6,8,16H2,(H,17,18)(H,19,20,21). The summed E-state index contributed by atoms with van der Waals surface area (Å²) in [5.41, 5.74) is 5.69. The van der Waals surface area contributed by atoms with Crippen molar-refractivity contribution in [3.8, 4) is 0 Å². The molecule has 6 heteroatoms. The normalized spacial score (nSPS) is 14.5. The van der Waals surface area contributed by atoms with Crippen LogP contribution >= 0.6 is 0 Å². The number of hydrogen-bond acceptors (Lipinski definition) is 5. The number of fused-ring (bicyclic) bond motifs is 1. The molecular weight excluding hydrogens is 264 g/mol. The van der Waals surface area contributed by atoms with E-state index in [0.29, 0.717) is 18.2 Å². The van der Waals surface area contributed by atoms with Gasteiger partial charge in [-0.15, -0.1) is 0 Å². The molecule has 0 unspecified atom stereocenters. The van der Waals surface area contributed by atoms with Crippen LogP contribution in [0.15, 0.2) is 30.3 Å². The minimum atomic E-state index is 0.564. The molecule has 0 aliphatic heterocycles. The van der Waals surface area contributed by atoms with Gasteiger partial charge in [0.25, 0.3) is 0 Å². The van der Waals surface area contributed by atoms with Gasteiger partial charge in [-0.05, 0) is 25.0 Å². The number of nitrogen functional groups attached to an aromatic ring is 1. The summed E-state index contributed by atoms with van der Waals surface area (Å²) in [7, 11) is 0. The Labute approximate surface area is 121 Å².